The number of hydrogen-bond donors (Lipinski definition) is 2. The maximum absolute atomic E-state index is 9.48. The van der Waals surface area contributed by atoms with Crippen molar-refractivity contribution in [1.29, 1.82) is 0 Å². The minimum absolute atomic E-state index is 0. The van der Waals surface area contributed by atoms with Crippen LogP contribution in [0.5, 0.6) is 5.75 Å². The van der Waals surface area contributed by atoms with Gasteiger partial charge in [-0.15, -0.1) is 24.0 Å². The number of benzene rings is 1. The van der Waals surface area contributed by atoms with Crippen molar-refractivity contribution in [2.45, 2.75) is 33.1 Å². The minimum Gasteiger partial charge on any atom is -0.508 e. The van der Waals surface area contributed by atoms with Gasteiger partial charge in [0.1, 0.15) is 5.75 Å². The Balaban J connectivity index is 0.00000242. The number of guanidine groups is 1. The first-order valence-electron chi connectivity index (χ1n) is 8.00. The SMILES string of the molecule is CCNC(=NCCc1cccc(O)c1)N1CCC(C)CC1.I. The van der Waals surface area contributed by atoms with E-state index in [-0.39, 0.29) is 24.0 Å². The Hall–Kier alpha value is -0.980. The maximum Gasteiger partial charge on any atom is 0.193 e. The van der Waals surface area contributed by atoms with Crippen molar-refractivity contribution in [1.82, 2.24) is 10.2 Å². The summed E-state index contributed by atoms with van der Waals surface area (Å²) in [6.07, 6.45) is 3.35. The number of nitrogens with zero attached hydrogens (tertiary/aromatic N) is 2. The Morgan fingerprint density at radius 2 is 2.09 bits per heavy atom. The Morgan fingerprint density at radius 1 is 1.36 bits per heavy atom. The van der Waals surface area contributed by atoms with Crippen LogP contribution in [-0.2, 0) is 6.42 Å². The summed E-state index contributed by atoms with van der Waals surface area (Å²) in [5.74, 6) is 2.19. The molecule has 1 heterocycles. The predicted octanol–water partition coefficient (Wildman–Crippen LogP) is 3.25. The molecule has 0 bridgehead atoms. The lowest BCUT2D eigenvalue weighted by molar-refractivity contribution is 0.273. The molecule has 1 aliphatic rings. The number of phenolic OH excluding ortho intramolecular Hbond substituents is 1. The van der Waals surface area contributed by atoms with Crippen LogP contribution in [0.3, 0.4) is 0 Å². The second-order valence-corrected chi connectivity index (χ2v) is 5.83. The summed E-state index contributed by atoms with van der Waals surface area (Å²) in [5.41, 5.74) is 1.13. The molecule has 0 unspecified atom stereocenters. The third-order valence-corrected chi connectivity index (χ3v) is 3.99. The van der Waals surface area contributed by atoms with Crippen LogP contribution in [0, 0.1) is 5.92 Å². The van der Waals surface area contributed by atoms with E-state index in [2.05, 4.69) is 24.1 Å². The molecule has 0 aromatic heterocycles. The van der Waals surface area contributed by atoms with Crippen LogP contribution >= 0.6 is 24.0 Å². The van der Waals surface area contributed by atoms with E-state index in [0.29, 0.717) is 5.75 Å². The van der Waals surface area contributed by atoms with Gasteiger partial charge >= 0.3 is 0 Å². The molecule has 1 aromatic carbocycles. The molecule has 0 aliphatic carbocycles. The van der Waals surface area contributed by atoms with Crippen molar-refractivity contribution in [2.75, 3.05) is 26.2 Å². The molecule has 0 amide bonds. The van der Waals surface area contributed by atoms with Gasteiger partial charge in [0.15, 0.2) is 5.96 Å². The molecule has 2 N–H and O–H groups in total. The van der Waals surface area contributed by atoms with Crippen LogP contribution in [0.15, 0.2) is 29.3 Å². The molecule has 1 aliphatic heterocycles. The Labute approximate surface area is 151 Å². The van der Waals surface area contributed by atoms with Gasteiger partial charge in [0.2, 0.25) is 0 Å². The average Bonchev–Trinajstić information content (AvgIpc) is 2.47. The minimum atomic E-state index is 0. The van der Waals surface area contributed by atoms with E-state index in [0.717, 1.165) is 50.0 Å². The zero-order valence-electron chi connectivity index (χ0n) is 13.6. The predicted molar refractivity (Wildman–Crippen MR) is 103 cm³/mol. The van der Waals surface area contributed by atoms with Gasteiger partial charge < -0.3 is 15.3 Å². The fourth-order valence-corrected chi connectivity index (χ4v) is 2.65. The highest BCUT2D eigenvalue weighted by Crippen LogP contribution is 2.16. The van der Waals surface area contributed by atoms with Crippen molar-refractivity contribution in [2.24, 2.45) is 10.9 Å². The van der Waals surface area contributed by atoms with Crippen LogP contribution in [0.25, 0.3) is 0 Å². The quantitative estimate of drug-likeness (QED) is 0.449. The van der Waals surface area contributed by atoms with Crippen LogP contribution in [-0.4, -0.2) is 42.1 Å². The summed E-state index contributed by atoms with van der Waals surface area (Å²) in [6, 6.07) is 7.42. The average molecular weight is 417 g/mol. The molecule has 2 rings (SSSR count). The number of aliphatic imine (C=N–C) groups is 1. The van der Waals surface area contributed by atoms with E-state index in [1.165, 1.54) is 12.8 Å². The lowest BCUT2D eigenvalue weighted by Crippen LogP contribution is -2.45. The van der Waals surface area contributed by atoms with E-state index in [1.807, 2.05) is 18.2 Å². The van der Waals surface area contributed by atoms with Gasteiger partial charge in [-0.1, -0.05) is 19.1 Å². The van der Waals surface area contributed by atoms with Gasteiger partial charge in [-0.3, -0.25) is 4.99 Å². The van der Waals surface area contributed by atoms with Crippen molar-refractivity contribution < 1.29 is 5.11 Å². The van der Waals surface area contributed by atoms with Crippen molar-refractivity contribution >= 4 is 29.9 Å². The van der Waals surface area contributed by atoms with Gasteiger partial charge in [-0.05, 0) is 49.8 Å². The molecule has 1 fully saturated rings. The molecule has 1 saturated heterocycles. The van der Waals surface area contributed by atoms with Gasteiger partial charge in [0, 0.05) is 26.2 Å². The standard InChI is InChI=1S/C17H27N3O.HI/c1-3-18-17(20-11-8-14(2)9-12-20)19-10-7-15-5-4-6-16(21)13-15;/h4-6,13-14,21H,3,7-12H2,1-2H3,(H,18,19);1H. The number of piperidine rings is 1. The summed E-state index contributed by atoms with van der Waals surface area (Å²) in [5, 5.41) is 12.9. The van der Waals surface area contributed by atoms with Crippen molar-refractivity contribution in [3.63, 3.8) is 0 Å². The van der Waals surface area contributed by atoms with Crippen molar-refractivity contribution in [3.05, 3.63) is 29.8 Å². The molecule has 124 valence electrons. The Morgan fingerprint density at radius 3 is 2.73 bits per heavy atom. The maximum atomic E-state index is 9.48. The summed E-state index contributed by atoms with van der Waals surface area (Å²) in [7, 11) is 0. The summed E-state index contributed by atoms with van der Waals surface area (Å²) >= 11 is 0. The van der Waals surface area contributed by atoms with E-state index in [1.54, 1.807) is 6.07 Å². The number of aromatic hydroxyl groups is 1. The fourth-order valence-electron chi connectivity index (χ4n) is 2.65. The topological polar surface area (TPSA) is 47.9 Å². The second-order valence-electron chi connectivity index (χ2n) is 5.83. The van der Waals surface area contributed by atoms with Crippen LogP contribution in [0.2, 0.25) is 0 Å². The molecule has 4 nitrogen and oxygen atoms in total. The molecule has 5 heteroatoms. The molecule has 0 saturated carbocycles. The van der Waals surface area contributed by atoms with E-state index in [4.69, 9.17) is 4.99 Å². The molecular formula is C17H28IN3O. The number of phenols is 1. The largest absolute Gasteiger partial charge is 0.508 e. The third kappa shape index (κ3) is 6.02. The van der Waals surface area contributed by atoms with E-state index in [9.17, 15) is 5.11 Å². The number of nitrogens with one attached hydrogen (secondary N) is 1. The van der Waals surface area contributed by atoms with Gasteiger partial charge in [0.05, 0.1) is 0 Å². The normalized spacial score (nSPS) is 16.3. The first-order chi connectivity index (χ1) is 10.2. The lowest BCUT2D eigenvalue weighted by atomic mass is 10.00. The third-order valence-electron chi connectivity index (χ3n) is 3.99. The second kappa shape index (κ2) is 9.92. The molecular weight excluding hydrogens is 389 g/mol. The van der Waals surface area contributed by atoms with Gasteiger partial charge in [0.25, 0.3) is 0 Å². The highest BCUT2D eigenvalue weighted by Gasteiger charge is 2.18. The first-order valence-corrected chi connectivity index (χ1v) is 8.00. The zero-order valence-corrected chi connectivity index (χ0v) is 15.9. The Bertz CT molecular complexity index is 471. The van der Waals surface area contributed by atoms with Gasteiger partial charge in [-0.2, -0.15) is 0 Å². The van der Waals surface area contributed by atoms with E-state index < -0.39 is 0 Å². The smallest absolute Gasteiger partial charge is 0.193 e. The molecule has 0 radical (unpaired) electrons. The molecule has 1 aromatic rings. The van der Waals surface area contributed by atoms with Crippen molar-refractivity contribution in [3.8, 4) is 5.75 Å². The van der Waals surface area contributed by atoms with Crippen LogP contribution < -0.4 is 5.32 Å². The molecule has 0 spiro atoms. The van der Waals surface area contributed by atoms with Crippen LogP contribution in [0.1, 0.15) is 32.3 Å². The van der Waals surface area contributed by atoms with Crippen LogP contribution in [0.4, 0.5) is 0 Å². The Kier molecular flexibility index (Phi) is 8.60. The number of likely N-dealkylation sites (tertiary alicyclic amines) is 1. The number of halogens is 1. The fraction of sp³-hybridized carbons (Fsp3) is 0.588. The summed E-state index contributed by atoms with van der Waals surface area (Å²) in [6.45, 7) is 8.27. The monoisotopic (exact) mass is 417 g/mol. The first kappa shape index (κ1) is 19.1. The summed E-state index contributed by atoms with van der Waals surface area (Å²) < 4.78 is 0. The van der Waals surface area contributed by atoms with Gasteiger partial charge in [-0.25, -0.2) is 0 Å². The van der Waals surface area contributed by atoms with E-state index >= 15 is 0 Å². The molecule has 0 atom stereocenters. The number of rotatable bonds is 4. The summed E-state index contributed by atoms with van der Waals surface area (Å²) in [4.78, 5) is 7.10. The molecule has 22 heavy (non-hydrogen) atoms. The number of hydrogen-bond acceptors (Lipinski definition) is 2. The zero-order chi connectivity index (χ0) is 15.1. The highest BCUT2D eigenvalue weighted by atomic mass is 127. The lowest BCUT2D eigenvalue weighted by Gasteiger charge is -2.33. The highest BCUT2D eigenvalue weighted by molar-refractivity contribution is 14.0.